The van der Waals surface area contributed by atoms with E-state index in [2.05, 4.69) is 4.90 Å². The lowest BCUT2D eigenvalue weighted by molar-refractivity contribution is -0.138. The van der Waals surface area contributed by atoms with E-state index in [1.165, 1.54) is 0 Å². The van der Waals surface area contributed by atoms with Gasteiger partial charge in [0.05, 0.1) is 18.6 Å². The van der Waals surface area contributed by atoms with E-state index >= 15 is 0 Å². The first-order chi connectivity index (χ1) is 11.0. The average molecular weight is 319 g/mol. The van der Waals surface area contributed by atoms with E-state index in [0.29, 0.717) is 30.9 Å². The van der Waals surface area contributed by atoms with Crippen LogP contribution in [-0.4, -0.2) is 47.5 Å². The van der Waals surface area contributed by atoms with Crippen molar-refractivity contribution in [3.8, 4) is 5.75 Å². The van der Waals surface area contributed by atoms with E-state index in [9.17, 15) is 9.59 Å². The van der Waals surface area contributed by atoms with Crippen LogP contribution in [0.3, 0.4) is 0 Å². The zero-order chi connectivity index (χ0) is 16.8. The standard InChI is InChI=1S/C18H25NO4/c1-3-23-17-7-6-13(2)11-15(17)16(20)8-10-19-9-4-5-14(19)12-18(21)22/h6-7,11,14H,3-5,8-10,12H2,1-2H3,(H,21,22). The van der Waals surface area contributed by atoms with Gasteiger partial charge in [-0.1, -0.05) is 11.6 Å². The van der Waals surface area contributed by atoms with Crippen molar-refractivity contribution in [1.82, 2.24) is 4.90 Å². The molecule has 1 aliphatic heterocycles. The van der Waals surface area contributed by atoms with Gasteiger partial charge in [0.15, 0.2) is 5.78 Å². The minimum absolute atomic E-state index is 0.0538. The maximum Gasteiger partial charge on any atom is 0.304 e. The number of likely N-dealkylation sites (tertiary alicyclic amines) is 1. The second kappa shape index (κ2) is 8.11. The highest BCUT2D eigenvalue weighted by Gasteiger charge is 2.27. The van der Waals surface area contributed by atoms with E-state index in [0.717, 1.165) is 24.9 Å². The maximum absolute atomic E-state index is 12.6. The number of Topliss-reactive ketones (excluding diaryl/α,β-unsaturated/α-hetero) is 1. The van der Waals surface area contributed by atoms with Crippen LogP contribution >= 0.6 is 0 Å². The van der Waals surface area contributed by atoms with Gasteiger partial charge in [0, 0.05) is 19.0 Å². The molecule has 1 unspecified atom stereocenters. The van der Waals surface area contributed by atoms with E-state index in [1.54, 1.807) is 0 Å². The number of hydrogen-bond donors (Lipinski definition) is 1. The molecule has 23 heavy (non-hydrogen) atoms. The minimum atomic E-state index is -0.773. The lowest BCUT2D eigenvalue weighted by Crippen LogP contribution is -2.33. The number of aryl methyl sites for hydroxylation is 1. The first-order valence-corrected chi connectivity index (χ1v) is 8.23. The highest BCUT2D eigenvalue weighted by molar-refractivity contribution is 5.99. The summed E-state index contributed by atoms with van der Waals surface area (Å²) in [6.45, 7) is 5.86. The largest absolute Gasteiger partial charge is 0.493 e. The van der Waals surface area contributed by atoms with E-state index in [-0.39, 0.29) is 18.2 Å². The Hall–Kier alpha value is -1.88. The molecule has 1 heterocycles. The lowest BCUT2D eigenvalue weighted by Gasteiger charge is -2.22. The molecular formula is C18H25NO4. The second-order valence-electron chi connectivity index (χ2n) is 6.04. The molecule has 1 aromatic rings. The fourth-order valence-electron chi connectivity index (χ4n) is 3.15. The van der Waals surface area contributed by atoms with Crippen LogP contribution in [0.5, 0.6) is 5.75 Å². The molecule has 126 valence electrons. The number of ether oxygens (including phenoxy) is 1. The highest BCUT2D eigenvalue weighted by Crippen LogP contribution is 2.24. The smallest absolute Gasteiger partial charge is 0.304 e. The number of carboxylic acids is 1. The third-order valence-electron chi connectivity index (χ3n) is 4.27. The summed E-state index contributed by atoms with van der Waals surface area (Å²) in [4.78, 5) is 25.6. The van der Waals surface area contributed by atoms with Crippen LogP contribution < -0.4 is 4.74 Å². The maximum atomic E-state index is 12.6. The summed E-state index contributed by atoms with van der Waals surface area (Å²) in [5.74, 6) is -0.0877. The van der Waals surface area contributed by atoms with Gasteiger partial charge in [-0.25, -0.2) is 0 Å². The van der Waals surface area contributed by atoms with Crippen LogP contribution in [-0.2, 0) is 4.79 Å². The molecule has 2 rings (SSSR count). The second-order valence-corrected chi connectivity index (χ2v) is 6.04. The monoisotopic (exact) mass is 319 g/mol. The topological polar surface area (TPSA) is 66.8 Å². The molecular weight excluding hydrogens is 294 g/mol. The predicted octanol–water partition coefficient (Wildman–Crippen LogP) is 2.91. The zero-order valence-corrected chi connectivity index (χ0v) is 13.9. The Morgan fingerprint density at radius 2 is 2.17 bits per heavy atom. The lowest BCUT2D eigenvalue weighted by atomic mass is 10.0. The molecule has 1 saturated heterocycles. The van der Waals surface area contributed by atoms with Crippen LogP contribution in [0.2, 0.25) is 0 Å². The molecule has 1 N–H and O–H groups in total. The summed E-state index contributed by atoms with van der Waals surface area (Å²) in [5.41, 5.74) is 1.66. The number of carboxylic acid groups (broad SMARTS) is 1. The number of benzene rings is 1. The SMILES string of the molecule is CCOc1ccc(C)cc1C(=O)CCN1CCCC1CC(=O)O. The fourth-order valence-corrected chi connectivity index (χ4v) is 3.15. The van der Waals surface area contributed by atoms with Crippen molar-refractivity contribution < 1.29 is 19.4 Å². The van der Waals surface area contributed by atoms with Gasteiger partial charge in [-0.3, -0.25) is 14.5 Å². The summed E-state index contributed by atoms with van der Waals surface area (Å²) in [7, 11) is 0. The van der Waals surface area contributed by atoms with Crippen LogP contribution in [0.25, 0.3) is 0 Å². The van der Waals surface area contributed by atoms with Crippen molar-refractivity contribution in [2.24, 2.45) is 0 Å². The quantitative estimate of drug-likeness (QED) is 0.746. The first kappa shape index (κ1) is 17.5. The third kappa shape index (κ3) is 4.79. The Morgan fingerprint density at radius 3 is 2.87 bits per heavy atom. The van der Waals surface area contributed by atoms with Gasteiger partial charge in [0.25, 0.3) is 0 Å². The Bertz CT molecular complexity index is 570. The van der Waals surface area contributed by atoms with Crippen LogP contribution in [0.4, 0.5) is 0 Å². The van der Waals surface area contributed by atoms with Gasteiger partial charge in [-0.2, -0.15) is 0 Å². The van der Waals surface area contributed by atoms with Crippen molar-refractivity contribution in [3.63, 3.8) is 0 Å². The summed E-state index contributed by atoms with van der Waals surface area (Å²) in [5, 5.41) is 8.96. The van der Waals surface area contributed by atoms with Crippen LogP contribution in [0.1, 0.15) is 48.5 Å². The summed E-state index contributed by atoms with van der Waals surface area (Å²) in [6, 6.07) is 5.70. The molecule has 0 radical (unpaired) electrons. The third-order valence-corrected chi connectivity index (χ3v) is 4.27. The van der Waals surface area contributed by atoms with Gasteiger partial charge in [-0.05, 0) is 45.4 Å². The summed E-state index contributed by atoms with van der Waals surface area (Å²) >= 11 is 0. The minimum Gasteiger partial charge on any atom is -0.493 e. The Balaban J connectivity index is 1.99. The van der Waals surface area contributed by atoms with Gasteiger partial charge in [-0.15, -0.1) is 0 Å². The number of nitrogens with zero attached hydrogens (tertiary/aromatic N) is 1. The molecule has 5 heteroatoms. The van der Waals surface area contributed by atoms with Crippen molar-refractivity contribution in [3.05, 3.63) is 29.3 Å². The molecule has 1 atom stereocenters. The molecule has 1 aliphatic rings. The van der Waals surface area contributed by atoms with Crippen molar-refractivity contribution >= 4 is 11.8 Å². The normalized spacial score (nSPS) is 18.1. The molecule has 0 bridgehead atoms. The Morgan fingerprint density at radius 1 is 1.39 bits per heavy atom. The zero-order valence-electron chi connectivity index (χ0n) is 13.9. The average Bonchev–Trinajstić information content (AvgIpc) is 2.93. The number of carbonyl (C=O) groups excluding carboxylic acids is 1. The van der Waals surface area contributed by atoms with Crippen LogP contribution in [0.15, 0.2) is 18.2 Å². The number of rotatable bonds is 8. The van der Waals surface area contributed by atoms with Gasteiger partial charge in [0.2, 0.25) is 0 Å². The molecule has 0 amide bonds. The molecule has 0 spiro atoms. The van der Waals surface area contributed by atoms with Gasteiger partial charge in [0.1, 0.15) is 5.75 Å². The molecule has 1 fully saturated rings. The summed E-state index contributed by atoms with van der Waals surface area (Å²) < 4.78 is 5.55. The van der Waals surface area contributed by atoms with E-state index in [1.807, 2.05) is 32.0 Å². The van der Waals surface area contributed by atoms with E-state index < -0.39 is 5.97 Å². The molecule has 0 saturated carbocycles. The molecule has 0 aliphatic carbocycles. The Labute approximate surface area is 137 Å². The number of ketones is 1. The first-order valence-electron chi connectivity index (χ1n) is 8.23. The molecule has 0 aromatic heterocycles. The van der Waals surface area contributed by atoms with Gasteiger partial charge < -0.3 is 9.84 Å². The molecule has 5 nitrogen and oxygen atoms in total. The van der Waals surface area contributed by atoms with Gasteiger partial charge >= 0.3 is 5.97 Å². The number of hydrogen-bond acceptors (Lipinski definition) is 4. The predicted molar refractivity (Wildman–Crippen MR) is 88.1 cm³/mol. The number of aliphatic carboxylic acids is 1. The number of carbonyl (C=O) groups is 2. The Kier molecular flexibility index (Phi) is 6.16. The molecule has 1 aromatic carbocycles. The van der Waals surface area contributed by atoms with E-state index in [4.69, 9.17) is 9.84 Å². The van der Waals surface area contributed by atoms with Crippen molar-refractivity contribution in [2.75, 3.05) is 19.7 Å². The van der Waals surface area contributed by atoms with Crippen LogP contribution in [0, 0.1) is 6.92 Å². The van der Waals surface area contributed by atoms with Crippen molar-refractivity contribution in [2.45, 2.75) is 45.6 Å². The fraction of sp³-hybridized carbons (Fsp3) is 0.556. The summed E-state index contributed by atoms with van der Waals surface area (Å²) in [6.07, 6.45) is 2.44. The van der Waals surface area contributed by atoms with Crippen molar-refractivity contribution in [1.29, 1.82) is 0 Å². The highest BCUT2D eigenvalue weighted by atomic mass is 16.5.